The third-order valence-corrected chi connectivity index (χ3v) is 4.01. The molecule has 2 aromatic carbocycles. The maximum atomic E-state index is 12.1. The van der Waals surface area contributed by atoms with Crippen molar-refractivity contribution in [3.63, 3.8) is 0 Å². The lowest BCUT2D eigenvalue weighted by molar-refractivity contribution is 0.0732. The Morgan fingerprint density at radius 2 is 1.84 bits per heavy atom. The zero-order valence-electron chi connectivity index (χ0n) is 10.3. The molecule has 98 valence electrons. The van der Waals surface area contributed by atoms with Crippen molar-refractivity contribution in [3.05, 3.63) is 62.5 Å². The number of esters is 1. The molecule has 0 N–H and O–H groups in total. The molecule has 0 saturated heterocycles. The Balaban J connectivity index is 2.22. The summed E-state index contributed by atoms with van der Waals surface area (Å²) in [6.07, 6.45) is 0.942. The Morgan fingerprint density at radius 1 is 1.11 bits per heavy atom. The smallest absolute Gasteiger partial charge is 0.344 e. The van der Waals surface area contributed by atoms with Crippen molar-refractivity contribution in [1.82, 2.24) is 0 Å². The Bertz CT molecular complexity index is 609. The molecule has 0 bridgehead atoms. The van der Waals surface area contributed by atoms with Gasteiger partial charge in [-0.05, 0) is 68.1 Å². The van der Waals surface area contributed by atoms with Gasteiger partial charge in [0.25, 0.3) is 0 Å². The third-order valence-electron chi connectivity index (χ3n) is 2.70. The Labute approximate surface area is 129 Å². The average molecular weight is 384 g/mol. The molecular formula is C15H12Br2O2. The summed E-state index contributed by atoms with van der Waals surface area (Å²) in [4.78, 5) is 12.1. The van der Waals surface area contributed by atoms with Crippen molar-refractivity contribution in [3.8, 4) is 5.75 Å². The van der Waals surface area contributed by atoms with E-state index >= 15 is 0 Å². The van der Waals surface area contributed by atoms with Gasteiger partial charge in [-0.2, -0.15) is 0 Å². The molecule has 0 spiro atoms. The highest BCUT2D eigenvalue weighted by atomic mass is 79.9. The van der Waals surface area contributed by atoms with Crippen LogP contribution in [0.1, 0.15) is 22.8 Å². The molecule has 0 unspecified atom stereocenters. The first-order valence-corrected chi connectivity index (χ1v) is 7.45. The van der Waals surface area contributed by atoms with Crippen molar-refractivity contribution >= 4 is 37.8 Å². The number of aryl methyl sites for hydroxylation is 1. The normalized spacial score (nSPS) is 10.3. The highest BCUT2D eigenvalue weighted by molar-refractivity contribution is 9.10. The average Bonchev–Trinajstić information content (AvgIpc) is 2.41. The zero-order valence-corrected chi connectivity index (χ0v) is 13.5. The van der Waals surface area contributed by atoms with Crippen molar-refractivity contribution in [2.24, 2.45) is 0 Å². The predicted octanol–water partition coefficient (Wildman–Crippen LogP) is 4.99. The number of benzene rings is 2. The molecule has 0 amide bonds. The fourth-order valence-electron chi connectivity index (χ4n) is 1.63. The van der Waals surface area contributed by atoms with Crippen LogP contribution in [0.5, 0.6) is 5.75 Å². The molecule has 2 nitrogen and oxygen atoms in total. The molecule has 0 fully saturated rings. The summed E-state index contributed by atoms with van der Waals surface area (Å²) in [5, 5.41) is 0. The minimum Gasteiger partial charge on any atom is -0.422 e. The first-order chi connectivity index (χ1) is 9.11. The Morgan fingerprint density at radius 3 is 2.47 bits per heavy atom. The van der Waals surface area contributed by atoms with Gasteiger partial charge in [0.1, 0.15) is 5.75 Å². The van der Waals surface area contributed by atoms with E-state index in [2.05, 4.69) is 38.8 Å². The van der Waals surface area contributed by atoms with Gasteiger partial charge in [-0.3, -0.25) is 0 Å². The van der Waals surface area contributed by atoms with Crippen LogP contribution >= 0.6 is 31.9 Å². The molecule has 2 rings (SSSR count). The summed E-state index contributed by atoms with van der Waals surface area (Å²) in [7, 11) is 0. The lowest BCUT2D eigenvalue weighted by Crippen LogP contribution is -2.09. The summed E-state index contributed by atoms with van der Waals surface area (Å²) in [5.41, 5.74) is 1.70. The first-order valence-electron chi connectivity index (χ1n) is 5.87. The molecule has 0 aliphatic heterocycles. The van der Waals surface area contributed by atoms with Crippen LogP contribution in [0.2, 0.25) is 0 Å². The lowest BCUT2D eigenvalue weighted by atomic mass is 10.2. The summed E-state index contributed by atoms with van der Waals surface area (Å²) < 4.78 is 6.90. The Hall–Kier alpha value is -1.13. The number of rotatable bonds is 3. The van der Waals surface area contributed by atoms with Crippen LogP contribution in [0.3, 0.4) is 0 Å². The second-order valence-electron chi connectivity index (χ2n) is 3.99. The van der Waals surface area contributed by atoms with Gasteiger partial charge in [-0.15, -0.1) is 0 Å². The molecule has 0 radical (unpaired) electrons. The Kier molecular flexibility index (Phi) is 4.77. The highest BCUT2D eigenvalue weighted by Gasteiger charge is 2.13. The lowest BCUT2D eigenvalue weighted by Gasteiger charge is -2.08. The number of hydrogen-bond acceptors (Lipinski definition) is 2. The van der Waals surface area contributed by atoms with E-state index in [1.807, 2.05) is 24.3 Å². The molecule has 0 heterocycles. The summed E-state index contributed by atoms with van der Waals surface area (Å²) in [5.74, 6) is 0.148. The van der Waals surface area contributed by atoms with E-state index in [1.165, 1.54) is 5.56 Å². The van der Waals surface area contributed by atoms with Gasteiger partial charge >= 0.3 is 5.97 Å². The van der Waals surface area contributed by atoms with Crippen molar-refractivity contribution in [2.75, 3.05) is 0 Å². The van der Waals surface area contributed by atoms with Crippen LogP contribution in [0, 0.1) is 0 Å². The van der Waals surface area contributed by atoms with Gasteiger partial charge in [0.15, 0.2) is 0 Å². The number of hydrogen-bond donors (Lipinski definition) is 0. The van der Waals surface area contributed by atoms with Gasteiger partial charge in [-0.25, -0.2) is 4.79 Å². The van der Waals surface area contributed by atoms with Gasteiger partial charge in [0, 0.05) is 4.47 Å². The molecule has 0 aliphatic carbocycles. The maximum Gasteiger partial charge on any atom is 0.344 e. The fourth-order valence-corrected chi connectivity index (χ4v) is 2.58. The van der Waals surface area contributed by atoms with E-state index < -0.39 is 0 Å². The second-order valence-corrected chi connectivity index (χ2v) is 5.70. The van der Waals surface area contributed by atoms with Crippen LogP contribution in [0.4, 0.5) is 0 Å². The van der Waals surface area contributed by atoms with Crippen LogP contribution in [-0.2, 0) is 6.42 Å². The number of ether oxygens (including phenoxy) is 1. The SMILES string of the molecule is CCc1ccc(OC(=O)c2ccccc2Br)c(Br)c1. The molecule has 0 saturated carbocycles. The molecule has 2 aromatic rings. The topological polar surface area (TPSA) is 26.3 Å². The van der Waals surface area contributed by atoms with Crippen molar-refractivity contribution in [2.45, 2.75) is 13.3 Å². The van der Waals surface area contributed by atoms with E-state index in [-0.39, 0.29) is 5.97 Å². The van der Waals surface area contributed by atoms with Crippen LogP contribution in [-0.4, -0.2) is 5.97 Å². The van der Waals surface area contributed by atoms with Gasteiger partial charge in [0.05, 0.1) is 10.0 Å². The molecule has 19 heavy (non-hydrogen) atoms. The minimum absolute atomic E-state index is 0.377. The largest absolute Gasteiger partial charge is 0.422 e. The number of carbonyl (C=O) groups is 1. The van der Waals surface area contributed by atoms with Crippen LogP contribution < -0.4 is 4.74 Å². The standard InChI is InChI=1S/C15H12Br2O2/c1-2-10-7-8-14(13(17)9-10)19-15(18)11-5-3-4-6-12(11)16/h3-9H,2H2,1H3. The molecular weight excluding hydrogens is 372 g/mol. The second kappa shape index (κ2) is 6.35. The monoisotopic (exact) mass is 382 g/mol. The highest BCUT2D eigenvalue weighted by Crippen LogP contribution is 2.28. The van der Waals surface area contributed by atoms with Crippen LogP contribution in [0.25, 0.3) is 0 Å². The zero-order chi connectivity index (χ0) is 13.8. The molecule has 0 aliphatic rings. The van der Waals surface area contributed by atoms with E-state index in [0.717, 1.165) is 15.4 Å². The first kappa shape index (κ1) is 14.3. The van der Waals surface area contributed by atoms with Crippen molar-refractivity contribution in [1.29, 1.82) is 0 Å². The fraction of sp³-hybridized carbons (Fsp3) is 0.133. The number of halogens is 2. The van der Waals surface area contributed by atoms with Crippen molar-refractivity contribution < 1.29 is 9.53 Å². The molecule has 0 aromatic heterocycles. The van der Waals surface area contributed by atoms with E-state index in [0.29, 0.717) is 11.3 Å². The van der Waals surface area contributed by atoms with E-state index in [1.54, 1.807) is 18.2 Å². The summed E-state index contributed by atoms with van der Waals surface area (Å²) in [6.45, 7) is 2.08. The van der Waals surface area contributed by atoms with Gasteiger partial charge in [0.2, 0.25) is 0 Å². The van der Waals surface area contributed by atoms with Gasteiger partial charge < -0.3 is 4.74 Å². The maximum absolute atomic E-state index is 12.1. The van der Waals surface area contributed by atoms with Crippen LogP contribution in [0.15, 0.2) is 51.4 Å². The third kappa shape index (κ3) is 3.45. The van der Waals surface area contributed by atoms with E-state index in [9.17, 15) is 4.79 Å². The van der Waals surface area contributed by atoms with E-state index in [4.69, 9.17) is 4.74 Å². The molecule has 4 heteroatoms. The number of carbonyl (C=O) groups excluding carboxylic acids is 1. The molecule has 0 atom stereocenters. The van der Waals surface area contributed by atoms with Gasteiger partial charge in [-0.1, -0.05) is 25.1 Å². The summed E-state index contributed by atoms with van der Waals surface area (Å²) >= 11 is 6.76. The minimum atomic E-state index is -0.377. The predicted molar refractivity (Wildman–Crippen MR) is 82.6 cm³/mol. The quantitative estimate of drug-likeness (QED) is 0.551. The summed E-state index contributed by atoms with van der Waals surface area (Å²) in [6, 6.07) is 12.9.